The molecule has 0 aliphatic carbocycles. The minimum Gasteiger partial charge on any atom is -0.406 e. The van der Waals surface area contributed by atoms with E-state index in [2.05, 4.69) is 19.9 Å². The third-order valence-corrected chi connectivity index (χ3v) is 3.94. The van der Waals surface area contributed by atoms with E-state index in [0.717, 1.165) is 5.52 Å². The molecule has 0 radical (unpaired) electrons. The SMILES string of the molecule is CN(C)c1nnc(-c2ccc3ncn(-c4ccc(OC(F)(F)F)cc4)c3c2)o1. The van der Waals surface area contributed by atoms with Crippen LogP contribution in [-0.2, 0) is 0 Å². The van der Waals surface area contributed by atoms with E-state index in [1.165, 1.54) is 24.3 Å². The average Bonchev–Trinajstić information content (AvgIpc) is 3.28. The fourth-order valence-electron chi connectivity index (χ4n) is 2.67. The van der Waals surface area contributed by atoms with E-state index < -0.39 is 6.36 Å². The molecule has 0 atom stereocenters. The molecule has 10 heteroatoms. The molecule has 0 spiro atoms. The molecule has 0 saturated heterocycles. The summed E-state index contributed by atoms with van der Waals surface area (Å²) in [6, 6.07) is 11.4. The quantitative estimate of drug-likeness (QED) is 0.525. The Bertz CT molecular complexity index is 1120. The molecule has 4 aromatic rings. The lowest BCUT2D eigenvalue weighted by molar-refractivity contribution is -0.274. The Morgan fingerprint density at radius 3 is 2.43 bits per heavy atom. The van der Waals surface area contributed by atoms with E-state index in [4.69, 9.17) is 4.42 Å². The fraction of sp³-hybridized carbons (Fsp3) is 0.167. The minimum atomic E-state index is -4.73. The van der Waals surface area contributed by atoms with Crippen molar-refractivity contribution in [3.8, 4) is 22.9 Å². The van der Waals surface area contributed by atoms with Crippen molar-refractivity contribution in [2.24, 2.45) is 0 Å². The molecule has 0 N–H and O–H groups in total. The van der Waals surface area contributed by atoms with Gasteiger partial charge in [-0.2, -0.15) is 0 Å². The van der Waals surface area contributed by atoms with Crippen LogP contribution >= 0.6 is 0 Å². The molecule has 4 rings (SSSR count). The first-order valence-electron chi connectivity index (χ1n) is 8.15. The van der Waals surface area contributed by atoms with Crippen molar-refractivity contribution in [3.63, 3.8) is 0 Å². The summed E-state index contributed by atoms with van der Waals surface area (Å²) in [5, 5.41) is 8.00. The highest BCUT2D eigenvalue weighted by Gasteiger charge is 2.31. The summed E-state index contributed by atoms with van der Waals surface area (Å²) in [4.78, 5) is 6.02. The third-order valence-electron chi connectivity index (χ3n) is 3.94. The van der Waals surface area contributed by atoms with Gasteiger partial charge in [-0.1, -0.05) is 5.10 Å². The number of ether oxygens (including phenoxy) is 1. The number of rotatable bonds is 4. The monoisotopic (exact) mass is 389 g/mol. The molecular formula is C18H14F3N5O2. The first-order chi connectivity index (χ1) is 13.3. The third kappa shape index (κ3) is 3.48. The largest absolute Gasteiger partial charge is 0.573 e. The molecule has 2 aromatic heterocycles. The molecule has 0 fully saturated rings. The minimum absolute atomic E-state index is 0.288. The zero-order chi connectivity index (χ0) is 19.9. The molecule has 2 aromatic carbocycles. The van der Waals surface area contributed by atoms with E-state index in [-0.39, 0.29) is 5.75 Å². The Kier molecular flexibility index (Phi) is 4.17. The van der Waals surface area contributed by atoms with Gasteiger partial charge < -0.3 is 14.1 Å². The van der Waals surface area contributed by atoms with Gasteiger partial charge in [-0.15, -0.1) is 18.3 Å². The predicted molar refractivity (Wildman–Crippen MR) is 95.4 cm³/mol. The second-order valence-corrected chi connectivity index (χ2v) is 6.14. The van der Waals surface area contributed by atoms with Gasteiger partial charge in [-0.25, -0.2) is 4.98 Å². The zero-order valence-corrected chi connectivity index (χ0v) is 14.8. The summed E-state index contributed by atoms with van der Waals surface area (Å²) in [5.74, 6) is 0.0655. The fourth-order valence-corrected chi connectivity index (χ4v) is 2.67. The van der Waals surface area contributed by atoms with Crippen LogP contribution in [0.25, 0.3) is 28.2 Å². The van der Waals surface area contributed by atoms with Crippen molar-refractivity contribution in [1.82, 2.24) is 19.7 Å². The van der Waals surface area contributed by atoms with Gasteiger partial charge in [0.1, 0.15) is 12.1 Å². The van der Waals surface area contributed by atoms with Crippen LogP contribution in [0.5, 0.6) is 5.75 Å². The Labute approximate surface area is 157 Å². The number of hydrogen-bond acceptors (Lipinski definition) is 6. The van der Waals surface area contributed by atoms with E-state index in [1.807, 2.05) is 18.2 Å². The van der Waals surface area contributed by atoms with Gasteiger partial charge in [-0.3, -0.25) is 4.57 Å². The number of nitrogens with zero attached hydrogens (tertiary/aromatic N) is 5. The van der Waals surface area contributed by atoms with Crippen molar-refractivity contribution in [3.05, 3.63) is 48.8 Å². The first kappa shape index (κ1) is 17.8. The summed E-state index contributed by atoms with van der Waals surface area (Å²) < 4.78 is 48.2. The standard InChI is InChI=1S/C18H14F3N5O2/c1-25(2)17-24-23-16(27-17)11-3-8-14-15(9-11)26(10-22-14)12-4-6-13(7-5-12)28-18(19,20)21/h3-10H,1-2H3. The van der Waals surface area contributed by atoms with Crippen LogP contribution in [0.3, 0.4) is 0 Å². The van der Waals surface area contributed by atoms with E-state index in [0.29, 0.717) is 28.7 Å². The zero-order valence-electron chi connectivity index (χ0n) is 14.8. The number of anilines is 1. The Hall–Kier alpha value is -3.56. The van der Waals surface area contributed by atoms with Crippen LogP contribution in [-0.4, -0.2) is 40.2 Å². The number of hydrogen-bond donors (Lipinski definition) is 0. The molecular weight excluding hydrogens is 375 g/mol. The summed E-state index contributed by atoms with van der Waals surface area (Å²) in [5.41, 5.74) is 2.79. The molecule has 0 aliphatic rings. The van der Waals surface area contributed by atoms with E-state index in [1.54, 1.807) is 29.9 Å². The first-order valence-corrected chi connectivity index (χ1v) is 8.15. The summed E-state index contributed by atoms with van der Waals surface area (Å²) in [7, 11) is 3.59. The number of halogens is 3. The Morgan fingerprint density at radius 2 is 1.79 bits per heavy atom. The molecule has 7 nitrogen and oxygen atoms in total. The lowest BCUT2D eigenvalue weighted by atomic mass is 10.2. The number of alkyl halides is 3. The van der Waals surface area contributed by atoms with Crippen LogP contribution in [0.15, 0.2) is 53.2 Å². The van der Waals surface area contributed by atoms with Gasteiger partial charge in [-0.05, 0) is 42.5 Å². The molecule has 0 saturated carbocycles. The van der Waals surface area contributed by atoms with E-state index in [9.17, 15) is 13.2 Å². The highest BCUT2D eigenvalue weighted by Crippen LogP contribution is 2.28. The molecule has 0 unspecified atom stereocenters. The number of aromatic nitrogens is 4. The van der Waals surface area contributed by atoms with Gasteiger partial charge in [0.2, 0.25) is 5.89 Å². The van der Waals surface area contributed by atoms with Crippen LogP contribution in [0, 0.1) is 0 Å². The summed E-state index contributed by atoms with van der Waals surface area (Å²) in [6.07, 6.45) is -3.14. The van der Waals surface area contributed by atoms with Crippen LogP contribution in [0.2, 0.25) is 0 Å². The van der Waals surface area contributed by atoms with Crippen LogP contribution in [0.4, 0.5) is 19.2 Å². The van der Waals surface area contributed by atoms with Crippen molar-refractivity contribution in [2.75, 3.05) is 19.0 Å². The Morgan fingerprint density at radius 1 is 1.04 bits per heavy atom. The Balaban J connectivity index is 1.70. The maximum atomic E-state index is 12.3. The summed E-state index contributed by atoms with van der Waals surface area (Å²) >= 11 is 0. The predicted octanol–water partition coefficient (Wildman–Crippen LogP) is 4.04. The highest BCUT2D eigenvalue weighted by molar-refractivity contribution is 5.82. The summed E-state index contributed by atoms with van der Waals surface area (Å²) in [6.45, 7) is 0. The normalized spacial score (nSPS) is 11.8. The number of fused-ring (bicyclic) bond motifs is 1. The topological polar surface area (TPSA) is 69.2 Å². The van der Waals surface area contributed by atoms with Crippen LogP contribution < -0.4 is 9.64 Å². The number of benzene rings is 2. The number of imidazole rings is 1. The smallest absolute Gasteiger partial charge is 0.406 e. The maximum absolute atomic E-state index is 12.3. The molecule has 144 valence electrons. The van der Waals surface area contributed by atoms with Gasteiger partial charge in [0, 0.05) is 25.3 Å². The second-order valence-electron chi connectivity index (χ2n) is 6.14. The molecule has 2 heterocycles. The van der Waals surface area contributed by atoms with Crippen molar-refractivity contribution in [2.45, 2.75) is 6.36 Å². The van der Waals surface area contributed by atoms with Crippen molar-refractivity contribution in [1.29, 1.82) is 0 Å². The highest BCUT2D eigenvalue weighted by atomic mass is 19.4. The lowest BCUT2D eigenvalue weighted by Crippen LogP contribution is -2.17. The van der Waals surface area contributed by atoms with Crippen molar-refractivity contribution >= 4 is 17.0 Å². The average molecular weight is 389 g/mol. The van der Waals surface area contributed by atoms with Gasteiger partial charge >= 0.3 is 12.4 Å². The maximum Gasteiger partial charge on any atom is 0.573 e. The molecule has 0 bridgehead atoms. The van der Waals surface area contributed by atoms with Gasteiger partial charge in [0.15, 0.2) is 0 Å². The van der Waals surface area contributed by atoms with E-state index >= 15 is 0 Å². The second kappa shape index (κ2) is 6.55. The van der Waals surface area contributed by atoms with Crippen LogP contribution in [0.1, 0.15) is 0 Å². The van der Waals surface area contributed by atoms with Gasteiger partial charge in [0.05, 0.1) is 11.0 Å². The van der Waals surface area contributed by atoms with Crippen molar-refractivity contribution < 1.29 is 22.3 Å². The molecule has 28 heavy (non-hydrogen) atoms. The lowest BCUT2D eigenvalue weighted by Gasteiger charge is -2.10. The molecule has 0 aliphatic heterocycles. The van der Waals surface area contributed by atoms with Gasteiger partial charge in [0.25, 0.3) is 0 Å². The molecule has 0 amide bonds.